The third-order valence-electron chi connectivity index (χ3n) is 4.48. The zero-order valence-electron chi connectivity index (χ0n) is 11.2. The predicted octanol–water partition coefficient (Wildman–Crippen LogP) is 3.31. The van der Waals surface area contributed by atoms with E-state index in [1.165, 1.54) is 30.5 Å². The fourth-order valence-electron chi connectivity index (χ4n) is 2.98. The molecule has 0 aliphatic heterocycles. The summed E-state index contributed by atoms with van der Waals surface area (Å²) in [6.07, 6.45) is 3.69. The molecule has 2 rings (SSSR count). The summed E-state index contributed by atoms with van der Waals surface area (Å²) >= 11 is 0. The molecule has 0 bridgehead atoms. The van der Waals surface area contributed by atoms with Crippen molar-refractivity contribution in [2.45, 2.75) is 45.6 Å². The molecular formula is C15H24N2. The number of hydrogen-bond donors (Lipinski definition) is 2. The van der Waals surface area contributed by atoms with Crippen molar-refractivity contribution < 1.29 is 0 Å². The summed E-state index contributed by atoms with van der Waals surface area (Å²) in [5.41, 5.74) is 8.87. The molecule has 1 saturated carbocycles. The highest BCUT2D eigenvalue weighted by Gasteiger charge is 2.47. The summed E-state index contributed by atoms with van der Waals surface area (Å²) in [5.74, 6) is 0. The van der Waals surface area contributed by atoms with Crippen LogP contribution in [0.2, 0.25) is 0 Å². The Labute approximate surface area is 105 Å². The van der Waals surface area contributed by atoms with Crippen molar-refractivity contribution in [1.29, 1.82) is 0 Å². The minimum absolute atomic E-state index is 0.0578. The van der Waals surface area contributed by atoms with Gasteiger partial charge >= 0.3 is 0 Å². The van der Waals surface area contributed by atoms with E-state index in [9.17, 15) is 0 Å². The van der Waals surface area contributed by atoms with Crippen molar-refractivity contribution in [2.24, 2.45) is 11.1 Å². The molecule has 1 fully saturated rings. The van der Waals surface area contributed by atoms with Crippen molar-refractivity contribution in [3.63, 3.8) is 0 Å². The lowest BCUT2D eigenvalue weighted by atomic mass is 9.74. The van der Waals surface area contributed by atoms with Crippen LogP contribution in [0.5, 0.6) is 0 Å². The maximum absolute atomic E-state index is 6.06. The average Bonchev–Trinajstić information content (AvgIpc) is 2.58. The molecule has 0 aromatic heterocycles. The van der Waals surface area contributed by atoms with Gasteiger partial charge in [-0.05, 0) is 37.3 Å². The Morgan fingerprint density at radius 3 is 2.29 bits per heavy atom. The largest absolute Gasteiger partial charge is 0.378 e. The maximum Gasteiger partial charge on any atom is 0.0546 e. The zero-order valence-corrected chi connectivity index (χ0v) is 11.2. The molecule has 17 heavy (non-hydrogen) atoms. The first kappa shape index (κ1) is 12.4. The van der Waals surface area contributed by atoms with Crippen molar-refractivity contribution in [2.75, 3.05) is 11.9 Å². The second-order valence-electron chi connectivity index (χ2n) is 6.01. The maximum atomic E-state index is 6.06. The second-order valence-corrected chi connectivity index (χ2v) is 6.01. The van der Waals surface area contributed by atoms with Gasteiger partial charge in [0.25, 0.3) is 0 Å². The number of rotatable bonds is 3. The molecule has 0 radical (unpaired) electrons. The molecule has 1 aromatic rings. The standard InChI is InChI=1S/C15H24N2/c1-12-5-7-13(8-6-12)17-15(11-16)10-4-9-14(15,2)3/h5-8,17H,4,9-11,16H2,1-3H3. The predicted molar refractivity (Wildman–Crippen MR) is 74.2 cm³/mol. The molecule has 1 unspecified atom stereocenters. The van der Waals surface area contributed by atoms with E-state index < -0.39 is 0 Å². The summed E-state index contributed by atoms with van der Waals surface area (Å²) < 4.78 is 0. The molecule has 0 heterocycles. The fraction of sp³-hybridized carbons (Fsp3) is 0.600. The van der Waals surface area contributed by atoms with Gasteiger partial charge in [-0.25, -0.2) is 0 Å². The molecule has 2 nitrogen and oxygen atoms in total. The van der Waals surface area contributed by atoms with Crippen LogP contribution in [-0.4, -0.2) is 12.1 Å². The van der Waals surface area contributed by atoms with Gasteiger partial charge in [-0.2, -0.15) is 0 Å². The van der Waals surface area contributed by atoms with Crippen LogP contribution in [0.25, 0.3) is 0 Å². The van der Waals surface area contributed by atoms with Gasteiger partial charge in [0.1, 0.15) is 0 Å². The number of nitrogens with two attached hydrogens (primary N) is 1. The Bertz CT molecular complexity index is 380. The van der Waals surface area contributed by atoms with E-state index in [-0.39, 0.29) is 11.0 Å². The summed E-state index contributed by atoms with van der Waals surface area (Å²) in [6.45, 7) is 7.47. The lowest BCUT2D eigenvalue weighted by Crippen LogP contribution is -2.53. The van der Waals surface area contributed by atoms with Gasteiger partial charge in [0.05, 0.1) is 5.54 Å². The number of benzene rings is 1. The first-order valence-electron chi connectivity index (χ1n) is 6.54. The minimum Gasteiger partial charge on any atom is -0.378 e. The Hall–Kier alpha value is -1.02. The minimum atomic E-state index is 0.0578. The van der Waals surface area contributed by atoms with Crippen molar-refractivity contribution >= 4 is 5.69 Å². The normalized spacial score (nSPS) is 27.1. The summed E-state index contributed by atoms with van der Waals surface area (Å²) in [6, 6.07) is 8.60. The highest BCUT2D eigenvalue weighted by molar-refractivity contribution is 5.48. The summed E-state index contributed by atoms with van der Waals surface area (Å²) in [7, 11) is 0. The number of aryl methyl sites for hydroxylation is 1. The quantitative estimate of drug-likeness (QED) is 0.839. The molecule has 2 heteroatoms. The molecular weight excluding hydrogens is 208 g/mol. The summed E-state index contributed by atoms with van der Waals surface area (Å²) in [5, 5.41) is 3.70. The van der Waals surface area contributed by atoms with E-state index in [0.717, 1.165) is 0 Å². The SMILES string of the molecule is Cc1ccc(NC2(CN)CCCC2(C)C)cc1. The molecule has 0 saturated heterocycles. The Morgan fingerprint density at radius 2 is 1.82 bits per heavy atom. The lowest BCUT2D eigenvalue weighted by molar-refractivity contribution is 0.239. The Balaban J connectivity index is 2.23. The van der Waals surface area contributed by atoms with Crippen LogP contribution >= 0.6 is 0 Å². The van der Waals surface area contributed by atoms with E-state index >= 15 is 0 Å². The van der Waals surface area contributed by atoms with Gasteiger partial charge in [-0.3, -0.25) is 0 Å². The van der Waals surface area contributed by atoms with Crippen molar-refractivity contribution in [1.82, 2.24) is 0 Å². The molecule has 1 aliphatic carbocycles. The van der Waals surface area contributed by atoms with Crippen LogP contribution in [0, 0.1) is 12.3 Å². The van der Waals surface area contributed by atoms with E-state index in [4.69, 9.17) is 5.73 Å². The van der Waals surface area contributed by atoms with E-state index in [0.29, 0.717) is 6.54 Å². The second kappa shape index (κ2) is 4.34. The van der Waals surface area contributed by atoms with Crippen LogP contribution in [0.3, 0.4) is 0 Å². The third-order valence-corrected chi connectivity index (χ3v) is 4.48. The van der Waals surface area contributed by atoms with Crippen molar-refractivity contribution in [3.05, 3.63) is 29.8 Å². The van der Waals surface area contributed by atoms with Crippen LogP contribution in [-0.2, 0) is 0 Å². The molecule has 3 N–H and O–H groups in total. The Kier molecular flexibility index (Phi) is 3.17. The van der Waals surface area contributed by atoms with Gasteiger partial charge in [0.15, 0.2) is 0 Å². The molecule has 0 amide bonds. The van der Waals surface area contributed by atoms with Gasteiger partial charge < -0.3 is 11.1 Å². The Morgan fingerprint density at radius 1 is 1.18 bits per heavy atom. The van der Waals surface area contributed by atoms with Crippen LogP contribution in [0.4, 0.5) is 5.69 Å². The van der Waals surface area contributed by atoms with Gasteiger partial charge in [-0.1, -0.05) is 38.0 Å². The molecule has 1 aliphatic rings. The third kappa shape index (κ3) is 2.19. The molecule has 1 atom stereocenters. The molecule has 1 aromatic carbocycles. The number of nitrogens with one attached hydrogen (secondary N) is 1. The fourth-order valence-corrected chi connectivity index (χ4v) is 2.98. The zero-order chi connectivity index (χ0) is 12.5. The van der Waals surface area contributed by atoms with E-state index in [2.05, 4.69) is 50.4 Å². The highest BCUT2D eigenvalue weighted by Crippen LogP contribution is 2.47. The van der Waals surface area contributed by atoms with Crippen molar-refractivity contribution in [3.8, 4) is 0 Å². The van der Waals surface area contributed by atoms with Crippen LogP contribution < -0.4 is 11.1 Å². The number of anilines is 1. The van der Waals surface area contributed by atoms with Gasteiger partial charge in [0.2, 0.25) is 0 Å². The van der Waals surface area contributed by atoms with E-state index in [1.54, 1.807) is 0 Å². The first-order chi connectivity index (χ1) is 7.99. The van der Waals surface area contributed by atoms with Crippen LogP contribution in [0.15, 0.2) is 24.3 Å². The van der Waals surface area contributed by atoms with E-state index in [1.807, 2.05) is 0 Å². The van der Waals surface area contributed by atoms with Gasteiger partial charge in [-0.15, -0.1) is 0 Å². The molecule has 94 valence electrons. The van der Waals surface area contributed by atoms with Crippen LogP contribution in [0.1, 0.15) is 38.7 Å². The molecule has 0 spiro atoms. The summed E-state index contributed by atoms with van der Waals surface area (Å²) in [4.78, 5) is 0. The smallest absolute Gasteiger partial charge is 0.0546 e. The topological polar surface area (TPSA) is 38.0 Å². The first-order valence-corrected chi connectivity index (χ1v) is 6.54. The average molecular weight is 232 g/mol. The monoisotopic (exact) mass is 232 g/mol. The highest BCUT2D eigenvalue weighted by atomic mass is 15.0. The lowest BCUT2D eigenvalue weighted by Gasteiger charge is -2.42. The number of hydrogen-bond acceptors (Lipinski definition) is 2. The van der Waals surface area contributed by atoms with Gasteiger partial charge in [0, 0.05) is 12.2 Å².